The number of sulfone groups is 1. The molecule has 1 atom stereocenters. The zero-order valence-electron chi connectivity index (χ0n) is 13.4. The van der Waals surface area contributed by atoms with E-state index < -0.39 is 25.9 Å². The summed E-state index contributed by atoms with van der Waals surface area (Å²) in [7, 11) is -6.98. The lowest BCUT2D eigenvalue weighted by molar-refractivity contribution is 0.566. The van der Waals surface area contributed by atoms with Gasteiger partial charge in [-0.2, -0.15) is 0 Å². The van der Waals surface area contributed by atoms with Gasteiger partial charge in [0.2, 0.25) is 10.0 Å². The molecule has 2 aromatic rings. The minimum absolute atomic E-state index is 0.198. The Morgan fingerprint density at radius 1 is 1.00 bits per heavy atom. The Bertz CT molecular complexity index is 952. The fraction of sp³-hybridized carbons (Fsp3) is 0.250. The van der Waals surface area contributed by atoms with Crippen LogP contribution in [0.5, 0.6) is 0 Å². The van der Waals surface area contributed by atoms with Gasteiger partial charge < -0.3 is 0 Å². The van der Waals surface area contributed by atoms with Gasteiger partial charge in [-0.3, -0.25) is 0 Å². The third-order valence-electron chi connectivity index (χ3n) is 3.58. The maximum Gasteiger partial charge on any atom is 0.241 e. The summed E-state index contributed by atoms with van der Waals surface area (Å²) in [5.41, 5.74) is 1.32. The van der Waals surface area contributed by atoms with Crippen LogP contribution >= 0.6 is 15.9 Å². The fourth-order valence-corrected chi connectivity index (χ4v) is 4.88. The molecular weight excluding hydrogens is 414 g/mol. The topological polar surface area (TPSA) is 80.3 Å². The van der Waals surface area contributed by atoms with Crippen LogP contribution in [0.1, 0.15) is 24.1 Å². The molecule has 0 aliphatic rings. The van der Waals surface area contributed by atoms with E-state index in [9.17, 15) is 16.8 Å². The summed E-state index contributed by atoms with van der Waals surface area (Å²) >= 11 is 3.28. The maximum absolute atomic E-state index is 12.6. The quantitative estimate of drug-likeness (QED) is 0.787. The molecule has 0 saturated carbocycles. The second kappa shape index (κ2) is 6.95. The molecule has 0 aliphatic carbocycles. The standard InChI is InChI=1S/C16H18BrNO4S2/c1-11-4-7-14(17)10-16(11)24(21,22)18-12(2)13-5-8-15(9-6-13)23(3,19)20/h4-10,12,18H,1-3H3. The number of halogens is 1. The van der Waals surface area contributed by atoms with Crippen LogP contribution in [0.25, 0.3) is 0 Å². The maximum atomic E-state index is 12.6. The summed E-state index contributed by atoms with van der Waals surface area (Å²) < 4.78 is 51.4. The van der Waals surface area contributed by atoms with Crippen LogP contribution in [-0.2, 0) is 19.9 Å². The van der Waals surface area contributed by atoms with E-state index >= 15 is 0 Å². The van der Waals surface area contributed by atoms with Crippen molar-refractivity contribution in [3.05, 3.63) is 58.1 Å². The number of aryl methyl sites for hydroxylation is 1. The third kappa shape index (κ3) is 4.44. The normalized spacial score (nSPS) is 13.7. The van der Waals surface area contributed by atoms with E-state index in [0.29, 0.717) is 15.6 Å². The number of sulfonamides is 1. The van der Waals surface area contributed by atoms with E-state index in [-0.39, 0.29) is 9.79 Å². The summed E-state index contributed by atoms with van der Waals surface area (Å²) in [5, 5.41) is 0. The lowest BCUT2D eigenvalue weighted by atomic mass is 10.1. The summed E-state index contributed by atoms with van der Waals surface area (Å²) in [6, 6.07) is 10.7. The highest BCUT2D eigenvalue weighted by Crippen LogP contribution is 2.23. The Morgan fingerprint density at radius 2 is 1.58 bits per heavy atom. The second-order valence-corrected chi connectivity index (χ2v) is 10.2. The average molecular weight is 432 g/mol. The van der Waals surface area contributed by atoms with Gasteiger partial charge in [-0.15, -0.1) is 0 Å². The van der Waals surface area contributed by atoms with Gasteiger partial charge in [-0.05, 0) is 49.2 Å². The van der Waals surface area contributed by atoms with E-state index in [1.165, 1.54) is 12.1 Å². The molecule has 1 unspecified atom stereocenters. The summed E-state index contributed by atoms with van der Waals surface area (Å²) in [6.07, 6.45) is 1.13. The molecule has 5 nitrogen and oxygen atoms in total. The van der Waals surface area contributed by atoms with Gasteiger partial charge in [-0.1, -0.05) is 34.1 Å². The summed E-state index contributed by atoms with van der Waals surface area (Å²) in [4.78, 5) is 0.403. The molecule has 0 aliphatic heterocycles. The van der Waals surface area contributed by atoms with Crippen LogP contribution in [-0.4, -0.2) is 23.1 Å². The first-order valence-electron chi connectivity index (χ1n) is 7.09. The average Bonchev–Trinajstić information content (AvgIpc) is 2.48. The predicted octanol–water partition coefficient (Wildman–Crippen LogP) is 3.20. The summed E-state index contributed by atoms with van der Waals surface area (Å²) in [6.45, 7) is 3.44. The summed E-state index contributed by atoms with van der Waals surface area (Å²) in [5.74, 6) is 0. The van der Waals surface area contributed by atoms with Crippen molar-refractivity contribution in [1.29, 1.82) is 0 Å². The van der Waals surface area contributed by atoms with Crippen molar-refractivity contribution in [1.82, 2.24) is 4.72 Å². The molecule has 0 saturated heterocycles. The van der Waals surface area contributed by atoms with Crippen LogP contribution in [0.3, 0.4) is 0 Å². The minimum atomic E-state index is -3.70. The van der Waals surface area contributed by atoms with Gasteiger partial charge in [0.1, 0.15) is 0 Å². The number of hydrogen-bond donors (Lipinski definition) is 1. The van der Waals surface area contributed by atoms with Crippen molar-refractivity contribution < 1.29 is 16.8 Å². The Kier molecular flexibility index (Phi) is 5.54. The van der Waals surface area contributed by atoms with Gasteiger partial charge in [0, 0.05) is 16.8 Å². The van der Waals surface area contributed by atoms with Gasteiger partial charge in [0.25, 0.3) is 0 Å². The smallest absolute Gasteiger partial charge is 0.224 e. The molecule has 1 N–H and O–H groups in total. The highest BCUT2D eigenvalue weighted by atomic mass is 79.9. The molecule has 0 amide bonds. The van der Waals surface area contributed by atoms with Crippen LogP contribution in [0, 0.1) is 6.92 Å². The van der Waals surface area contributed by atoms with Crippen LogP contribution < -0.4 is 4.72 Å². The Labute approximate surface area is 151 Å². The van der Waals surface area contributed by atoms with E-state index in [4.69, 9.17) is 0 Å². The SMILES string of the molecule is Cc1ccc(Br)cc1S(=O)(=O)NC(C)c1ccc(S(C)(=O)=O)cc1. The zero-order chi connectivity index (χ0) is 18.1. The highest BCUT2D eigenvalue weighted by molar-refractivity contribution is 9.10. The molecule has 130 valence electrons. The lowest BCUT2D eigenvalue weighted by Crippen LogP contribution is -2.27. The van der Waals surface area contributed by atoms with Crippen LogP contribution in [0.4, 0.5) is 0 Å². The third-order valence-corrected chi connectivity index (χ3v) is 6.88. The van der Waals surface area contributed by atoms with Crippen molar-refractivity contribution in [2.24, 2.45) is 0 Å². The van der Waals surface area contributed by atoms with Crippen molar-refractivity contribution in [2.45, 2.75) is 29.7 Å². The first kappa shape index (κ1) is 19.1. The molecule has 0 radical (unpaired) electrons. The van der Waals surface area contributed by atoms with E-state index in [0.717, 1.165) is 6.26 Å². The van der Waals surface area contributed by atoms with E-state index in [1.54, 1.807) is 44.2 Å². The molecule has 0 spiro atoms. The van der Waals surface area contributed by atoms with Gasteiger partial charge in [0.05, 0.1) is 9.79 Å². The number of benzene rings is 2. The van der Waals surface area contributed by atoms with Gasteiger partial charge in [-0.25, -0.2) is 21.6 Å². The zero-order valence-corrected chi connectivity index (χ0v) is 16.7. The van der Waals surface area contributed by atoms with Crippen molar-refractivity contribution >= 4 is 35.8 Å². The molecular formula is C16H18BrNO4S2. The molecule has 0 bridgehead atoms. The predicted molar refractivity (Wildman–Crippen MR) is 97.2 cm³/mol. The molecule has 0 fully saturated rings. The lowest BCUT2D eigenvalue weighted by Gasteiger charge is -2.16. The van der Waals surface area contributed by atoms with Gasteiger partial charge in [0.15, 0.2) is 9.84 Å². The van der Waals surface area contributed by atoms with E-state index in [1.807, 2.05) is 0 Å². The molecule has 8 heteroatoms. The number of nitrogens with one attached hydrogen (secondary N) is 1. The molecule has 2 rings (SSSR count). The number of hydrogen-bond acceptors (Lipinski definition) is 4. The minimum Gasteiger partial charge on any atom is -0.224 e. The number of rotatable bonds is 5. The fourth-order valence-electron chi connectivity index (χ4n) is 2.23. The Balaban J connectivity index is 2.28. The molecule has 0 aromatic heterocycles. The van der Waals surface area contributed by atoms with Crippen molar-refractivity contribution in [3.63, 3.8) is 0 Å². The van der Waals surface area contributed by atoms with Crippen molar-refractivity contribution in [2.75, 3.05) is 6.26 Å². The first-order valence-corrected chi connectivity index (χ1v) is 11.3. The molecule has 2 aromatic carbocycles. The highest BCUT2D eigenvalue weighted by Gasteiger charge is 2.21. The van der Waals surface area contributed by atoms with Crippen LogP contribution in [0.2, 0.25) is 0 Å². The Hall–Kier alpha value is -1.22. The van der Waals surface area contributed by atoms with Gasteiger partial charge >= 0.3 is 0 Å². The largest absolute Gasteiger partial charge is 0.241 e. The second-order valence-electron chi connectivity index (χ2n) is 5.59. The Morgan fingerprint density at radius 3 is 2.12 bits per heavy atom. The van der Waals surface area contributed by atoms with E-state index in [2.05, 4.69) is 20.7 Å². The monoisotopic (exact) mass is 431 g/mol. The molecule has 0 heterocycles. The van der Waals surface area contributed by atoms with Crippen molar-refractivity contribution in [3.8, 4) is 0 Å². The molecule has 24 heavy (non-hydrogen) atoms. The van der Waals surface area contributed by atoms with Crippen LogP contribution in [0.15, 0.2) is 56.7 Å². The first-order chi connectivity index (χ1) is 11.0.